The van der Waals surface area contributed by atoms with Crippen molar-refractivity contribution in [1.29, 1.82) is 0 Å². The van der Waals surface area contributed by atoms with E-state index in [0.29, 0.717) is 18.0 Å². The number of fused-ring (bicyclic) bond motifs is 1. The van der Waals surface area contributed by atoms with Gasteiger partial charge in [0.05, 0.1) is 24.9 Å². The Balaban J connectivity index is 1.75. The number of ether oxygens (including phenoxy) is 2. The van der Waals surface area contributed by atoms with Crippen molar-refractivity contribution in [1.82, 2.24) is 15.1 Å². The third kappa shape index (κ3) is 3.34. The van der Waals surface area contributed by atoms with E-state index in [4.69, 9.17) is 9.47 Å². The number of rotatable bonds is 5. The van der Waals surface area contributed by atoms with Gasteiger partial charge in [-0.05, 0) is 38.0 Å². The fourth-order valence-electron chi connectivity index (χ4n) is 3.32. The number of carbonyl (C=O) groups excluding carboxylic acids is 1. The molecule has 6 heteroatoms. The van der Waals surface area contributed by atoms with Gasteiger partial charge in [0.15, 0.2) is 0 Å². The van der Waals surface area contributed by atoms with Crippen molar-refractivity contribution >= 4 is 5.91 Å². The van der Waals surface area contributed by atoms with E-state index in [1.807, 2.05) is 46.0 Å². The molecule has 0 saturated carbocycles. The topological polar surface area (TPSA) is 65.4 Å². The lowest BCUT2D eigenvalue weighted by molar-refractivity contribution is 0.0948. The molecule has 3 rings (SSSR count). The lowest BCUT2D eigenvalue weighted by Crippen LogP contribution is -2.25. The van der Waals surface area contributed by atoms with Crippen molar-refractivity contribution in [3.63, 3.8) is 0 Å². The Morgan fingerprint density at radius 3 is 2.88 bits per heavy atom. The summed E-state index contributed by atoms with van der Waals surface area (Å²) in [6, 6.07) is 5.64. The van der Waals surface area contributed by atoms with Crippen molar-refractivity contribution in [2.45, 2.75) is 45.8 Å². The molecule has 1 N–H and O–H groups in total. The van der Waals surface area contributed by atoms with E-state index in [1.165, 1.54) is 0 Å². The highest BCUT2D eigenvalue weighted by molar-refractivity contribution is 5.94. The average Bonchev–Trinajstić information content (AvgIpc) is 3.05. The second-order valence-corrected chi connectivity index (χ2v) is 6.96. The summed E-state index contributed by atoms with van der Waals surface area (Å²) in [5.74, 6) is 1.34. The van der Waals surface area contributed by atoms with Crippen molar-refractivity contribution in [3.05, 3.63) is 40.6 Å². The number of aromatic nitrogens is 2. The van der Waals surface area contributed by atoms with Crippen LogP contribution >= 0.6 is 0 Å². The molecule has 6 nitrogen and oxygen atoms in total. The van der Waals surface area contributed by atoms with Gasteiger partial charge in [-0.3, -0.25) is 4.79 Å². The quantitative estimate of drug-likeness (QED) is 0.906. The molecule has 1 aliphatic heterocycles. The molecule has 0 saturated heterocycles. The highest BCUT2D eigenvalue weighted by Gasteiger charge is 2.30. The molecule has 1 amide bonds. The summed E-state index contributed by atoms with van der Waals surface area (Å²) in [5, 5.41) is 7.40. The van der Waals surface area contributed by atoms with Crippen LogP contribution in [0.25, 0.3) is 0 Å². The first-order chi connectivity index (χ1) is 11.8. The maximum Gasteiger partial charge on any atom is 0.251 e. The third-order valence-electron chi connectivity index (χ3n) is 4.46. The monoisotopic (exact) mass is 343 g/mol. The van der Waals surface area contributed by atoms with Crippen LogP contribution < -0.4 is 14.8 Å². The zero-order valence-electron chi connectivity index (χ0n) is 15.5. The number of carbonyl (C=O) groups is 1. The number of hydrogen-bond donors (Lipinski definition) is 1. The molecule has 1 aromatic carbocycles. The van der Waals surface area contributed by atoms with Gasteiger partial charge in [0, 0.05) is 19.0 Å². The van der Waals surface area contributed by atoms with Gasteiger partial charge < -0.3 is 14.8 Å². The molecular formula is C19H25N3O3. The molecule has 2 aromatic rings. The van der Waals surface area contributed by atoms with Crippen LogP contribution in [0.15, 0.2) is 18.2 Å². The van der Waals surface area contributed by atoms with Gasteiger partial charge in [0.1, 0.15) is 11.4 Å². The number of benzene rings is 1. The first kappa shape index (κ1) is 17.3. The average molecular weight is 343 g/mol. The number of hydrogen-bond acceptors (Lipinski definition) is 4. The molecule has 1 aliphatic rings. The van der Waals surface area contributed by atoms with E-state index in [9.17, 15) is 4.79 Å². The molecular weight excluding hydrogens is 318 g/mol. The number of aryl methyl sites for hydroxylation is 2. The Bertz CT molecular complexity index is 808. The van der Waals surface area contributed by atoms with Crippen molar-refractivity contribution in [2.24, 2.45) is 7.05 Å². The minimum atomic E-state index is -0.212. The van der Waals surface area contributed by atoms with Gasteiger partial charge in [0.25, 0.3) is 5.91 Å². The number of nitrogens with zero attached hydrogens (tertiary/aromatic N) is 2. The van der Waals surface area contributed by atoms with Gasteiger partial charge in [-0.2, -0.15) is 5.10 Å². The predicted octanol–water partition coefficient (Wildman–Crippen LogP) is 2.63. The third-order valence-corrected chi connectivity index (χ3v) is 4.46. The molecule has 134 valence electrons. The van der Waals surface area contributed by atoms with Gasteiger partial charge in [0.2, 0.25) is 5.88 Å². The Morgan fingerprint density at radius 1 is 1.44 bits per heavy atom. The van der Waals surface area contributed by atoms with Crippen molar-refractivity contribution in [2.75, 3.05) is 7.11 Å². The SMILES string of the molecule is CCc1nn(C)c(OC)c1CNC(=O)c1ccc2c(c1)OC(C)(C)C2. The molecule has 0 fully saturated rings. The molecule has 0 aliphatic carbocycles. The van der Waals surface area contributed by atoms with Crippen molar-refractivity contribution < 1.29 is 14.3 Å². The second kappa shape index (κ2) is 6.43. The number of methoxy groups -OCH3 is 1. The Kier molecular flexibility index (Phi) is 4.45. The lowest BCUT2D eigenvalue weighted by atomic mass is 10.0. The highest BCUT2D eigenvalue weighted by Crippen LogP contribution is 2.35. The smallest absolute Gasteiger partial charge is 0.251 e. The van der Waals surface area contributed by atoms with Gasteiger partial charge in [-0.15, -0.1) is 0 Å². The molecule has 2 heterocycles. The number of nitrogens with one attached hydrogen (secondary N) is 1. The minimum absolute atomic E-state index is 0.135. The van der Waals surface area contributed by atoms with E-state index in [0.717, 1.165) is 35.4 Å². The predicted molar refractivity (Wildman–Crippen MR) is 95.2 cm³/mol. The van der Waals surface area contributed by atoms with E-state index >= 15 is 0 Å². The van der Waals surface area contributed by atoms with E-state index in [1.54, 1.807) is 11.8 Å². The second-order valence-electron chi connectivity index (χ2n) is 6.96. The Labute approximate surface area is 148 Å². The van der Waals surface area contributed by atoms with Crippen LogP contribution in [0.5, 0.6) is 11.6 Å². The van der Waals surface area contributed by atoms with Gasteiger partial charge in [-0.25, -0.2) is 4.68 Å². The molecule has 1 aromatic heterocycles. The summed E-state index contributed by atoms with van der Waals surface area (Å²) in [4.78, 5) is 12.6. The fourth-order valence-corrected chi connectivity index (χ4v) is 3.32. The van der Waals surface area contributed by atoms with Crippen LogP contribution in [-0.2, 0) is 26.4 Å². The first-order valence-electron chi connectivity index (χ1n) is 8.53. The van der Waals surface area contributed by atoms with E-state index in [2.05, 4.69) is 10.4 Å². The summed E-state index contributed by atoms with van der Waals surface area (Å²) in [6.07, 6.45) is 1.64. The highest BCUT2D eigenvalue weighted by atomic mass is 16.5. The summed E-state index contributed by atoms with van der Waals surface area (Å²) < 4.78 is 13.0. The summed E-state index contributed by atoms with van der Waals surface area (Å²) >= 11 is 0. The summed E-state index contributed by atoms with van der Waals surface area (Å²) in [6.45, 7) is 6.51. The largest absolute Gasteiger partial charge is 0.487 e. The van der Waals surface area contributed by atoms with Crippen LogP contribution in [0, 0.1) is 0 Å². The van der Waals surface area contributed by atoms with Crippen LogP contribution in [0.2, 0.25) is 0 Å². The number of amides is 1. The maximum atomic E-state index is 12.6. The van der Waals surface area contributed by atoms with Crippen LogP contribution in [0.1, 0.15) is 48.0 Å². The molecule has 25 heavy (non-hydrogen) atoms. The van der Waals surface area contributed by atoms with Crippen LogP contribution in [0.4, 0.5) is 0 Å². The standard InChI is InChI=1S/C19H25N3O3/c1-6-15-14(18(24-5)22(4)21-15)11-20-17(23)12-7-8-13-10-19(2,3)25-16(13)9-12/h7-9H,6,10-11H2,1-5H3,(H,20,23). The Morgan fingerprint density at radius 2 is 2.20 bits per heavy atom. The fraction of sp³-hybridized carbons (Fsp3) is 0.474. The Hall–Kier alpha value is -2.50. The zero-order valence-corrected chi connectivity index (χ0v) is 15.5. The summed E-state index contributed by atoms with van der Waals surface area (Å²) in [5.41, 5.74) is 3.37. The zero-order chi connectivity index (χ0) is 18.2. The van der Waals surface area contributed by atoms with E-state index in [-0.39, 0.29) is 11.5 Å². The van der Waals surface area contributed by atoms with Crippen LogP contribution in [0.3, 0.4) is 0 Å². The van der Waals surface area contributed by atoms with E-state index < -0.39 is 0 Å². The lowest BCUT2D eigenvalue weighted by Gasteiger charge is -2.16. The molecule has 0 radical (unpaired) electrons. The first-order valence-corrected chi connectivity index (χ1v) is 8.53. The minimum Gasteiger partial charge on any atom is -0.487 e. The molecule has 0 spiro atoms. The van der Waals surface area contributed by atoms with Crippen molar-refractivity contribution in [3.8, 4) is 11.6 Å². The maximum absolute atomic E-state index is 12.6. The van der Waals surface area contributed by atoms with Gasteiger partial charge >= 0.3 is 0 Å². The van der Waals surface area contributed by atoms with Gasteiger partial charge in [-0.1, -0.05) is 13.0 Å². The molecule has 0 bridgehead atoms. The normalized spacial score (nSPS) is 14.8. The molecule has 0 atom stereocenters. The summed E-state index contributed by atoms with van der Waals surface area (Å²) in [7, 11) is 3.45. The van der Waals surface area contributed by atoms with Crippen LogP contribution in [-0.4, -0.2) is 28.4 Å². The molecule has 0 unspecified atom stereocenters.